The second-order valence-corrected chi connectivity index (χ2v) is 5.20. The lowest BCUT2D eigenvalue weighted by Crippen LogP contribution is -2.26. The zero-order valence-electron chi connectivity index (χ0n) is 12.4. The Balaban J connectivity index is 1.65. The normalized spacial score (nSPS) is 17.6. The van der Waals surface area contributed by atoms with Gasteiger partial charge in [-0.25, -0.2) is 15.0 Å². The minimum atomic E-state index is -4.42. The first-order valence-corrected chi connectivity index (χ1v) is 7.13. The van der Waals surface area contributed by atoms with Crippen LogP contribution in [0.4, 0.5) is 19.0 Å². The summed E-state index contributed by atoms with van der Waals surface area (Å²) in [5, 5.41) is 9.06. The van der Waals surface area contributed by atoms with E-state index >= 15 is 0 Å². The van der Waals surface area contributed by atoms with Crippen LogP contribution in [0, 0.1) is 11.3 Å². The van der Waals surface area contributed by atoms with Crippen LogP contribution < -0.4 is 9.64 Å². The number of pyridine rings is 1. The summed E-state index contributed by atoms with van der Waals surface area (Å²) in [7, 11) is 0. The SMILES string of the molecule is N#Cc1nccnc1N1CCC(Oc2ccc(C(F)(F)F)cn2)C1. The quantitative estimate of drug-likeness (QED) is 0.857. The van der Waals surface area contributed by atoms with Gasteiger partial charge >= 0.3 is 6.18 Å². The summed E-state index contributed by atoms with van der Waals surface area (Å²) in [5.74, 6) is 0.612. The molecule has 0 spiro atoms. The van der Waals surface area contributed by atoms with Crippen molar-refractivity contribution in [3.63, 3.8) is 0 Å². The molecule has 0 aromatic carbocycles. The highest BCUT2D eigenvalue weighted by molar-refractivity contribution is 5.50. The largest absolute Gasteiger partial charge is 0.472 e. The number of nitriles is 1. The van der Waals surface area contributed by atoms with Gasteiger partial charge in [0.2, 0.25) is 5.88 Å². The van der Waals surface area contributed by atoms with E-state index in [2.05, 4.69) is 15.0 Å². The van der Waals surface area contributed by atoms with E-state index in [1.54, 1.807) is 0 Å². The van der Waals surface area contributed by atoms with Crippen LogP contribution in [0.3, 0.4) is 0 Å². The third-order valence-electron chi connectivity index (χ3n) is 3.58. The monoisotopic (exact) mass is 335 g/mol. The van der Waals surface area contributed by atoms with Crippen LogP contribution in [0.2, 0.25) is 0 Å². The molecular weight excluding hydrogens is 323 g/mol. The fourth-order valence-electron chi connectivity index (χ4n) is 2.45. The van der Waals surface area contributed by atoms with E-state index in [1.807, 2.05) is 11.0 Å². The van der Waals surface area contributed by atoms with Gasteiger partial charge in [0.25, 0.3) is 0 Å². The van der Waals surface area contributed by atoms with Crippen molar-refractivity contribution in [2.75, 3.05) is 18.0 Å². The zero-order valence-corrected chi connectivity index (χ0v) is 12.4. The molecule has 1 aliphatic heterocycles. The van der Waals surface area contributed by atoms with Gasteiger partial charge in [-0.3, -0.25) is 0 Å². The van der Waals surface area contributed by atoms with Crippen molar-refractivity contribution in [2.24, 2.45) is 0 Å². The molecule has 6 nitrogen and oxygen atoms in total. The first-order chi connectivity index (χ1) is 11.5. The minimum Gasteiger partial charge on any atom is -0.472 e. The molecule has 1 unspecified atom stereocenters. The highest BCUT2D eigenvalue weighted by atomic mass is 19.4. The summed E-state index contributed by atoms with van der Waals surface area (Å²) in [6, 6.07) is 4.12. The van der Waals surface area contributed by atoms with Crippen LogP contribution in [0.1, 0.15) is 17.7 Å². The minimum absolute atomic E-state index is 0.134. The Bertz CT molecular complexity index is 757. The molecule has 1 fully saturated rings. The fourth-order valence-corrected chi connectivity index (χ4v) is 2.45. The number of nitrogens with zero attached hydrogens (tertiary/aromatic N) is 5. The molecule has 0 amide bonds. The number of aromatic nitrogens is 3. The van der Waals surface area contributed by atoms with Gasteiger partial charge in [-0.1, -0.05) is 0 Å². The van der Waals surface area contributed by atoms with E-state index in [0.717, 1.165) is 12.3 Å². The average molecular weight is 335 g/mol. The van der Waals surface area contributed by atoms with Crippen LogP contribution in [0.25, 0.3) is 0 Å². The molecule has 1 aliphatic rings. The van der Waals surface area contributed by atoms with Crippen molar-refractivity contribution in [1.29, 1.82) is 5.26 Å². The lowest BCUT2D eigenvalue weighted by atomic mass is 10.3. The second-order valence-electron chi connectivity index (χ2n) is 5.20. The lowest BCUT2D eigenvalue weighted by Gasteiger charge is -2.18. The van der Waals surface area contributed by atoms with Gasteiger partial charge in [0.1, 0.15) is 12.2 Å². The Morgan fingerprint density at radius 2 is 2.00 bits per heavy atom. The van der Waals surface area contributed by atoms with Crippen molar-refractivity contribution >= 4 is 5.82 Å². The number of hydrogen-bond acceptors (Lipinski definition) is 6. The van der Waals surface area contributed by atoms with Crippen LogP contribution in [0.5, 0.6) is 5.88 Å². The zero-order chi connectivity index (χ0) is 17.2. The summed E-state index contributed by atoms with van der Waals surface area (Å²) in [5.41, 5.74) is -0.591. The maximum Gasteiger partial charge on any atom is 0.417 e. The fraction of sp³-hybridized carbons (Fsp3) is 0.333. The maximum atomic E-state index is 12.5. The van der Waals surface area contributed by atoms with Crippen molar-refractivity contribution < 1.29 is 17.9 Å². The van der Waals surface area contributed by atoms with E-state index in [0.29, 0.717) is 25.3 Å². The molecule has 1 saturated heterocycles. The van der Waals surface area contributed by atoms with Crippen LogP contribution in [-0.4, -0.2) is 34.1 Å². The summed E-state index contributed by atoms with van der Waals surface area (Å²) in [6.07, 6.45) is -0.333. The molecule has 124 valence electrons. The average Bonchev–Trinajstić information content (AvgIpc) is 3.03. The molecule has 24 heavy (non-hydrogen) atoms. The Kier molecular flexibility index (Phi) is 4.20. The van der Waals surface area contributed by atoms with Gasteiger partial charge in [0, 0.05) is 37.6 Å². The molecular formula is C15H12F3N5O. The van der Waals surface area contributed by atoms with E-state index in [4.69, 9.17) is 10.00 Å². The molecule has 0 N–H and O–H groups in total. The summed E-state index contributed by atoms with van der Waals surface area (Å²) < 4.78 is 43.1. The van der Waals surface area contributed by atoms with E-state index in [1.165, 1.54) is 18.5 Å². The lowest BCUT2D eigenvalue weighted by molar-refractivity contribution is -0.137. The molecule has 2 aromatic heterocycles. The second kappa shape index (κ2) is 6.31. The first kappa shape index (κ1) is 16.0. The van der Waals surface area contributed by atoms with Crippen LogP contribution >= 0.6 is 0 Å². The highest BCUT2D eigenvalue weighted by Crippen LogP contribution is 2.29. The highest BCUT2D eigenvalue weighted by Gasteiger charge is 2.31. The molecule has 0 bridgehead atoms. The van der Waals surface area contributed by atoms with E-state index in [-0.39, 0.29) is 17.7 Å². The molecule has 3 heterocycles. The Hall–Kier alpha value is -2.89. The number of rotatable bonds is 3. The van der Waals surface area contributed by atoms with Gasteiger partial charge in [-0.2, -0.15) is 18.4 Å². The summed E-state index contributed by atoms with van der Waals surface area (Å²) >= 11 is 0. The molecule has 0 saturated carbocycles. The number of alkyl halides is 3. The van der Waals surface area contributed by atoms with Crippen molar-refractivity contribution in [2.45, 2.75) is 18.7 Å². The maximum absolute atomic E-state index is 12.5. The molecule has 1 atom stereocenters. The Labute approximate surface area is 135 Å². The summed E-state index contributed by atoms with van der Waals surface area (Å²) in [4.78, 5) is 13.7. The van der Waals surface area contributed by atoms with Gasteiger partial charge in [-0.15, -0.1) is 0 Å². The van der Waals surface area contributed by atoms with Gasteiger partial charge in [0.05, 0.1) is 12.1 Å². The third-order valence-corrected chi connectivity index (χ3v) is 3.58. The molecule has 9 heteroatoms. The van der Waals surface area contributed by atoms with E-state index < -0.39 is 11.7 Å². The molecule has 2 aromatic rings. The van der Waals surface area contributed by atoms with Crippen LogP contribution in [0.15, 0.2) is 30.7 Å². The molecule has 0 radical (unpaired) electrons. The topological polar surface area (TPSA) is 74.9 Å². The van der Waals surface area contributed by atoms with Gasteiger partial charge in [-0.05, 0) is 6.07 Å². The van der Waals surface area contributed by atoms with Crippen molar-refractivity contribution in [1.82, 2.24) is 15.0 Å². The predicted octanol–water partition coefficient (Wildman–Crippen LogP) is 2.42. The first-order valence-electron chi connectivity index (χ1n) is 7.13. The Morgan fingerprint density at radius 3 is 2.67 bits per heavy atom. The van der Waals surface area contributed by atoms with Gasteiger partial charge < -0.3 is 9.64 Å². The standard InChI is InChI=1S/C15H12F3N5O/c16-15(17,18)10-1-2-13(22-8-10)24-11-3-6-23(9-11)14-12(7-19)20-4-5-21-14/h1-2,4-5,8,11H,3,6,9H2. The van der Waals surface area contributed by atoms with E-state index in [9.17, 15) is 13.2 Å². The van der Waals surface area contributed by atoms with Crippen molar-refractivity contribution in [3.05, 3.63) is 42.0 Å². The number of hydrogen-bond donors (Lipinski definition) is 0. The van der Waals surface area contributed by atoms with Gasteiger partial charge in [0.15, 0.2) is 11.5 Å². The smallest absolute Gasteiger partial charge is 0.417 e. The molecule has 0 aliphatic carbocycles. The summed E-state index contributed by atoms with van der Waals surface area (Å²) in [6.45, 7) is 1.06. The number of halogens is 3. The predicted molar refractivity (Wildman–Crippen MR) is 77.2 cm³/mol. The number of ether oxygens (including phenoxy) is 1. The van der Waals surface area contributed by atoms with Crippen LogP contribution in [-0.2, 0) is 6.18 Å². The number of anilines is 1. The molecule has 3 rings (SSSR count). The Morgan fingerprint density at radius 1 is 1.21 bits per heavy atom. The van der Waals surface area contributed by atoms with Crippen molar-refractivity contribution in [3.8, 4) is 11.9 Å². The third kappa shape index (κ3) is 3.37.